The summed E-state index contributed by atoms with van der Waals surface area (Å²) in [4.78, 5) is 23.0. The molecule has 0 spiro atoms. The molecule has 0 aliphatic carbocycles. The molecule has 6 nitrogen and oxygen atoms in total. The van der Waals surface area contributed by atoms with Crippen LogP contribution in [-0.4, -0.2) is 25.0 Å². The van der Waals surface area contributed by atoms with Crippen LogP contribution in [-0.2, 0) is 4.79 Å². The third-order valence-electron chi connectivity index (χ3n) is 2.69. The molecule has 1 heterocycles. The predicted molar refractivity (Wildman–Crippen MR) is 84.6 cm³/mol. The maximum Gasteiger partial charge on any atom is 0.262 e. The molecule has 0 atom stereocenters. The topological polar surface area (TPSA) is 90.7 Å². The predicted octanol–water partition coefficient (Wildman–Crippen LogP) is 2.26. The van der Waals surface area contributed by atoms with E-state index in [-0.39, 0.29) is 12.5 Å². The van der Waals surface area contributed by atoms with Crippen molar-refractivity contribution in [2.45, 2.75) is 6.92 Å². The number of hydrogen-bond acceptors (Lipinski definition) is 5. The Morgan fingerprint density at radius 2 is 1.77 bits per heavy atom. The van der Waals surface area contributed by atoms with Crippen molar-refractivity contribution in [1.82, 2.24) is 0 Å². The number of anilines is 1. The van der Waals surface area contributed by atoms with Crippen LogP contribution in [0.15, 0.2) is 35.7 Å². The fraction of sp³-hybridized carbons (Fsp3) is 0.200. The SMILES string of the molecule is CCOc1ccc(OCC(=O)Nc2sccc2C(N)=O)cc1. The summed E-state index contributed by atoms with van der Waals surface area (Å²) < 4.78 is 10.7. The van der Waals surface area contributed by atoms with Crippen molar-refractivity contribution in [2.24, 2.45) is 5.73 Å². The van der Waals surface area contributed by atoms with Crippen molar-refractivity contribution in [1.29, 1.82) is 0 Å². The molecule has 116 valence electrons. The van der Waals surface area contributed by atoms with Gasteiger partial charge in [0.05, 0.1) is 12.2 Å². The van der Waals surface area contributed by atoms with E-state index in [0.717, 1.165) is 5.75 Å². The van der Waals surface area contributed by atoms with Crippen molar-refractivity contribution in [3.05, 3.63) is 41.3 Å². The molecular formula is C15H16N2O4S. The molecule has 1 aromatic carbocycles. The van der Waals surface area contributed by atoms with Gasteiger partial charge in [-0.05, 0) is 42.6 Å². The van der Waals surface area contributed by atoms with Gasteiger partial charge >= 0.3 is 0 Å². The first-order valence-electron chi connectivity index (χ1n) is 6.63. The third-order valence-corrected chi connectivity index (χ3v) is 3.52. The van der Waals surface area contributed by atoms with Crippen LogP contribution in [0.4, 0.5) is 5.00 Å². The van der Waals surface area contributed by atoms with Gasteiger partial charge in [-0.2, -0.15) is 0 Å². The summed E-state index contributed by atoms with van der Waals surface area (Å²) in [5.41, 5.74) is 5.50. The van der Waals surface area contributed by atoms with Crippen molar-refractivity contribution < 1.29 is 19.1 Å². The van der Waals surface area contributed by atoms with Gasteiger partial charge in [0.15, 0.2) is 6.61 Å². The first-order valence-corrected chi connectivity index (χ1v) is 7.51. The van der Waals surface area contributed by atoms with Crippen molar-refractivity contribution >= 4 is 28.2 Å². The van der Waals surface area contributed by atoms with E-state index < -0.39 is 5.91 Å². The maximum absolute atomic E-state index is 11.8. The summed E-state index contributed by atoms with van der Waals surface area (Å²) in [5, 5.41) is 4.71. The Labute approximate surface area is 131 Å². The Hall–Kier alpha value is -2.54. The first-order chi connectivity index (χ1) is 10.6. The van der Waals surface area contributed by atoms with Gasteiger partial charge in [-0.1, -0.05) is 0 Å². The number of benzene rings is 1. The lowest BCUT2D eigenvalue weighted by atomic mass is 10.3. The fourth-order valence-corrected chi connectivity index (χ4v) is 2.52. The molecule has 0 aliphatic heterocycles. The monoisotopic (exact) mass is 320 g/mol. The van der Waals surface area contributed by atoms with Crippen LogP contribution in [0.1, 0.15) is 17.3 Å². The third kappa shape index (κ3) is 4.23. The van der Waals surface area contributed by atoms with Gasteiger partial charge in [0.1, 0.15) is 16.5 Å². The van der Waals surface area contributed by atoms with E-state index in [4.69, 9.17) is 15.2 Å². The number of nitrogens with one attached hydrogen (secondary N) is 1. The van der Waals surface area contributed by atoms with Gasteiger partial charge in [0.2, 0.25) is 0 Å². The number of thiophene rings is 1. The minimum Gasteiger partial charge on any atom is -0.494 e. The Morgan fingerprint density at radius 3 is 2.36 bits per heavy atom. The molecule has 0 unspecified atom stereocenters. The Bertz CT molecular complexity index is 652. The van der Waals surface area contributed by atoms with Gasteiger partial charge in [-0.15, -0.1) is 11.3 Å². The maximum atomic E-state index is 11.8. The zero-order chi connectivity index (χ0) is 15.9. The standard InChI is InChI=1S/C15H16N2O4S/c1-2-20-10-3-5-11(6-4-10)21-9-13(18)17-15-12(14(16)19)7-8-22-15/h3-8H,2,9H2,1H3,(H2,16,19)(H,17,18). The van der Waals surface area contributed by atoms with Crippen molar-refractivity contribution in [3.8, 4) is 11.5 Å². The number of nitrogens with two attached hydrogens (primary N) is 1. The second-order valence-corrected chi connectivity index (χ2v) is 5.19. The molecule has 0 bridgehead atoms. The minimum absolute atomic E-state index is 0.163. The van der Waals surface area contributed by atoms with Crippen LogP contribution in [0.3, 0.4) is 0 Å². The summed E-state index contributed by atoms with van der Waals surface area (Å²) in [6, 6.07) is 8.54. The van der Waals surface area contributed by atoms with E-state index >= 15 is 0 Å². The van der Waals surface area contributed by atoms with Gasteiger partial charge in [-0.25, -0.2) is 0 Å². The molecule has 2 amide bonds. The Morgan fingerprint density at radius 1 is 1.14 bits per heavy atom. The second kappa shape index (κ2) is 7.46. The highest BCUT2D eigenvalue weighted by Gasteiger charge is 2.12. The van der Waals surface area contributed by atoms with Crippen molar-refractivity contribution in [2.75, 3.05) is 18.5 Å². The largest absolute Gasteiger partial charge is 0.494 e. The average Bonchev–Trinajstić information content (AvgIpc) is 2.95. The average molecular weight is 320 g/mol. The number of amides is 2. The number of carbonyl (C=O) groups excluding carboxylic acids is 2. The van der Waals surface area contributed by atoms with Gasteiger partial charge in [0, 0.05) is 0 Å². The highest BCUT2D eigenvalue weighted by molar-refractivity contribution is 7.14. The molecular weight excluding hydrogens is 304 g/mol. The van der Waals surface area contributed by atoms with E-state index in [9.17, 15) is 9.59 Å². The molecule has 2 aromatic rings. The quantitative estimate of drug-likeness (QED) is 0.818. The summed E-state index contributed by atoms with van der Waals surface area (Å²) in [5.74, 6) is 0.353. The molecule has 22 heavy (non-hydrogen) atoms. The van der Waals surface area contributed by atoms with Crippen LogP contribution in [0.5, 0.6) is 11.5 Å². The van der Waals surface area contributed by atoms with Crippen LogP contribution in [0, 0.1) is 0 Å². The van der Waals surface area contributed by atoms with Gasteiger partial charge < -0.3 is 20.5 Å². The Kier molecular flexibility index (Phi) is 5.37. The molecule has 0 aliphatic rings. The molecule has 0 saturated heterocycles. The van der Waals surface area contributed by atoms with E-state index in [1.165, 1.54) is 11.3 Å². The summed E-state index contributed by atoms with van der Waals surface area (Å²) in [7, 11) is 0. The molecule has 0 saturated carbocycles. The van der Waals surface area contributed by atoms with Crippen LogP contribution >= 0.6 is 11.3 Å². The van der Waals surface area contributed by atoms with E-state index in [2.05, 4.69) is 5.32 Å². The van der Waals surface area contributed by atoms with Crippen LogP contribution in [0.25, 0.3) is 0 Å². The first kappa shape index (κ1) is 15.8. The molecule has 0 radical (unpaired) electrons. The van der Waals surface area contributed by atoms with Crippen LogP contribution in [0.2, 0.25) is 0 Å². The second-order valence-electron chi connectivity index (χ2n) is 4.27. The van der Waals surface area contributed by atoms with Gasteiger partial charge in [-0.3, -0.25) is 9.59 Å². The summed E-state index contributed by atoms with van der Waals surface area (Å²) >= 11 is 1.23. The highest BCUT2D eigenvalue weighted by atomic mass is 32.1. The highest BCUT2D eigenvalue weighted by Crippen LogP contribution is 2.22. The van der Waals surface area contributed by atoms with Gasteiger partial charge in [0.25, 0.3) is 11.8 Å². The summed E-state index contributed by atoms with van der Waals surface area (Å²) in [6.07, 6.45) is 0. The normalized spacial score (nSPS) is 10.0. The zero-order valence-electron chi connectivity index (χ0n) is 12.0. The lowest BCUT2D eigenvalue weighted by molar-refractivity contribution is -0.118. The lowest BCUT2D eigenvalue weighted by Crippen LogP contribution is -2.21. The number of ether oxygens (including phenoxy) is 2. The molecule has 2 rings (SSSR count). The van der Waals surface area contributed by atoms with Crippen LogP contribution < -0.4 is 20.5 Å². The molecule has 1 aromatic heterocycles. The summed E-state index contributed by atoms with van der Waals surface area (Å²) in [6.45, 7) is 2.33. The number of carbonyl (C=O) groups is 2. The van der Waals surface area contributed by atoms with E-state index in [1.807, 2.05) is 6.92 Å². The molecule has 0 fully saturated rings. The number of hydrogen-bond donors (Lipinski definition) is 2. The minimum atomic E-state index is -0.580. The molecule has 3 N–H and O–H groups in total. The number of rotatable bonds is 7. The van der Waals surface area contributed by atoms with E-state index in [0.29, 0.717) is 22.9 Å². The van der Waals surface area contributed by atoms with Crippen molar-refractivity contribution in [3.63, 3.8) is 0 Å². The Balaban J connectivity index is 1.87. The smallest absolute Gasteiger partial charge is 0.262 e. The molecule has 7 heteroatoms. The number of primary amides is 1. The zero-order valence-corrected chi connectivity index (χ0v) is 12.8. The lowest BCUT2D eigenvalue weighted by Gasteiger charge is -2.08. The fourth-order valence-electron chi connectivity index (χ4n) is 1.71. The van der Waals surface area contributed by atoms with E-state index in [1.54, 1.807) is 35.7 Å².